The summed E-state index contributed by atoms with van der Waals surface area (Å²) in [6.07, 6.45) is 0.807. The van der Waals surface area contributed by atoms with E-state index in [-0.39, 0.29) is 18.4 Å². The number of hydrogen-bond acceptors (Lipinski definition) is 3. The van der Waals surface area contributed by atoms with E-state index in [1.54, 1.807) is 4.90 Å². The second kappa shape index (κ2) is 6.58. The van der Waals surface area contributed by atoms with Crippen LogP contribution in [0.2, 0.25) is 0 Å². The molecule has 5 nitrogen and oxygen atoms in total. The van der Waals surface area contributed by atoms with E-state index >= 15 is 0 Å². The number of benzene rings is 1. The minimum absolute atomic E-state index is 0.0743. The first-order valence-electron chi connectivity index (χ1n) is 6.91. The van der Waals surface area contributed by atoms with E-state index in [4.69, 9.17) is 0 Å². The van der Waals surface area contributed by atoms with Gasteiger partial charge in [0.2, 0.25) is 5.91 Å². The minimum Gasteiger partial charge on any atom is -0.480 e. The fourth-order valence-corrected chi connectivity index (χ4v) is 2.96. The second-order valence-corrected chi connectivity index (χ2v) is 6.39. The first-order chi connectivity index (χ1) is 9.88. The lowest BCUT2D eigenvalue weighted by Gasteiger charge is -2.22. The molecule has 114 valence electrons. The summed E-state index contributed by atoms with van der Waals surface area (Å²) in [5.41, 5.74) is 1.76. The number of halogens is 1. The highest BCUT2D eigenvalue weighted by Gasteiger charge is 2.37. The lowest BCUT2D eigenvalue weighted by atomic mass is 10.0. The van der Waals surface area contributed by atoms with Crippen molar-refractivity contribution in [3.8, 4) is 0 Å². The zero-order chi connectivity index (χ0) is 15.6. The molecule has 1 aliphatic rings. The monoisotopic (exact) mass is 354 g/mol. The van der Waals surface area contributed by atoms with Gasteiger partial charge in [0.15, 0.2) is 0 Å². The second-order valence-electron chi connectivity index (χ2n) is 5.53. The molecule has 1 aromatic carbocycles. The third-order valence-corrected chi connectivity index (χ3v) is 4.74. The maximum atomic E-state index is 12.1. The van der Waals surface area contributed by atoms with Crippen LogP contribution >= 0.6 is 15.9 Å². The summed E-state index contributed by atoms with van der Waals surface area (Å²) in [6.45, 7) is 4.61. The van der Waals surface area contributed by atoms with Crippen molar-refractivity contribution in [2.75, 3.05) is 18.4 Å². The molecule has 1 aliphatic heterocycles. The van der Waals surface area contributed by atoms with Gasteiger partial charge in [-0.1, -0.05) is 22.9 Å². The van der Waals surface area contributed by atoms with Crippen LogP contribution < -0.4 is 5.32 Å². The molecule has 1 amide bonds. The van der Waals surface area contributed by atoms with Crippen LogP contribution in [0.15, 0.2) is 22.7 Å². The number of nitrogens with zero attached hydrogens (tertiary/aromatic N) is 1. The number of anilines is 1. The molecule has 1 saturated heterocycles. The number of rotatable bonds is 4. The molecular formula is C15H19BrN2O3. The number of carboxylic acids is 1. The molecule has 2 rings (SSSR count). The maximum absolute atomic E-state index is 12.1. The Morgan fingerprint density at radius 3 is 2.81 bits per heavy atom. The van der Waals surface area contributed by atoms with Gasteiger partial charge in [-0.05, 0) is 49.6 Å². The zero-order valence-corrected chi connectivity index (χ0v) is 13.7. The lowest BCUT2D eigenvalue weighted by Crippen LogP contribution is -2.43. The SMILES string of the molecule is Cc1cc(NC(=O)CN2CCC(C)C2C(=O)O)ccc1Br. The molecular weight excluding hydrogens is 336 g/mol. The summed E-state index contributed by atoms with van der Waals surface area (Å²) < 4.78 is 0.986. The smallest absolute Gasteiger partial charge is 0.321 e. The van der Waals surface area contributed by atoms with Gasteiger partial charge in [-0.3, -0.25) is 14.5 Å². The van der Waals surface area contributed by atoms with Crippen molar-refractivity contribution >= 4 is 33.5 Å². The molecule has 21 heavy (non-hydrogen) atoms. The molecule has 1 fully saturated rings. The Hall–Kier alpha value is -1.40. The number of aliphatic carboxylic acids is 1. The van der Waals surface area contributed by atoms with Gasteiger partial charge in [0.05, 0.1) is 6.54 Å². The van der Waals surface area contributed by atoms with E-state index in [0.29, 0.717) is 6.54 Å². The number of aryl methyl sites for hydroxylation is 1. The largest absolute Gasteiger partial charge is 0.480 e. The van der Waals surface area contributed by atoms with Gasteiger partial charge in [-0.25, -0.2) is 0 Å². The maximum Gasteiger partial charge on any atom is 0.321 e. The van der Waals surface area contributed by atoms with Crippen LogP contribution in [0, 0.1) is 12.8 Å². The molecule has 0 radical (unpaired) electrons. The first-order valence-corrected chi connectivity index (χ1v) is 7.70. The highest BCUT2D eigenvalue weighted by molar-refractivity contribution is 9.10. The quantitative estimate of drug-likeness (QED) is 0.871. The molecule has 2 N–H and O–H groups in total. The average molecular weight is 355 g/mol. The predicted molar refractivity (Wildman–Crippen MR) is 84.3 cm³/mol. The van der Waals surface area contributed by atoms with Crippen molar-refractivity contribution in [2.24, 2.45) is 5.92 Å². The summed E-state index contributed by atoms with van der Waals surface area (Å²) in [7, 11) is 0. The topological polar surface area (TPSA) is 69.6 Å². The number of nitrogens with one attached hydrogen (secondary N) is 1. The Bertz CT molecular complexity index is 562. The van der Waals surface area contributed by atoms with Crippen LogP contribution in [0.5, 0.6) is 0 Å². The summed E-state index contributed by atoms with van der Waals surface area (Å²) in [5, 5.41) is 12.1. The number of hydrogen-bond donors (Lipinski definition) is 2. The average Bonchev–Trinajstić information content (AvgIpc) is 2.75. The van der Waals surface area contributed by atoms with Crippen LogP contribution in [0.3, 0.4) is 0 Å². The first kappa shape index (κ1) is 16.0. The molecule has 1 aromatic rings. The zero-order valence-electron chi connectivity index (χ0n) is 12.1. The van der Waals surface area contributed by atoms with E-state index in [2.05, 4.69) is 21.2 Å². The minimum atomic E-state index is -0.854. The standard InChI is InChI=1S/C15H19BrN2O3/c1-9-5-6-18(14(9)15(20)21)8-13(19)17-11-3-4-12(16)10(2)7-11/h3-4,7,9,14H,5-6,8H2,1-2H3,(H,17,19)(H,20,21). The number of likely N-dealkylation sites (tertiary alicyclic amines) is 1. The Labute approximate surface area is 132 Å². The third-order valence-electron chi connectivity index (χ3n) is 3.85. The van der Waals surface area contributed by atoms with Gasteiger partial charge in [0, 0.05) is 10.2 Å². The van der Waals surface area contributed by atoms with E-state index in [1.165, 1.54) is 0 Å². The van der Waals surface area contributed by atoms with Crippen LogP contribution in [-0.2, 0) is 9.59 Å². The molecule has 1 heterocycles. The van der Waals surface area contributed by atoms with Crippen molar-refractivity contribution in [2.45, 2.75) is 26.3 Å². The van der Waals surface area contributed by atoms with Crippen LogP contribution in [-0.4, -0.2) is 41.0 Å². The molecule has 0 spiro atoms. The van der Waals surface area contributed by atoms with Crippen molar-refractivity contribution in [1.82, 2.24) is 4.90 Å². The summed E-state index contributed by atoms with van der Waals surface area (Å²) in [6, 6.07) is 5.00. The fourth-order valence-electron chi connectivity index (χ4n) is 2.71. The number of carboxylic acid groups (broad SMARTS) is 1. The summed E-state index contributed by atoms with van der Waals surface area (Å²) >= 11 is 3.41. The Morgan fingerprint density at radius 2 is 2.19 bits per heavy atom. The van der Waals surface area contributed by atoms with E-state index in [0.717, 1.165) is 22.1 Å². The molecule has 0 saturated carbocycles. The number of amides is 1. The summed E-state index contributed by atoms with van der Waals surface area (Å²) in [4.78, 5) is 25.1. The van der Waals surface area contributed by atoms with Crippen molar-refractivity contribution in [3.05, 3.63) is 28.2 Å². The number of carbonyl (C=O) groups excluding carboxylic acids is 1. The highest BCUT2D eigenvalue weighted by atomic mass is 79.9. The van der Waals surface area contributed by atoms with Gasteiger partial charge in [0.25, 0.3) is 0 Å². The van der Waals surface area contributed by atoms with Gasteiger partial charge in [0.1, 0.15) is 6.04 Å². The van der Waals surface area contributed by atoms with E-state index in [1.807, 2.05) is 32.0 Å². The molecule has 2 unspecified atom stereocenters. The van der Waals surface area contributed by atoms with Gasteiger partial charge in [-0.15, -0.1) is 0 Å². The molecule has 0 aliphatic carbocycles. The lowest BCUT2D eigenvalue weighted by molar-refractivity contribution is -0.143. The van der Waals surface area contributed by atoms with Crippen molar-refractivity contribution in [1.29, 1.82) is 0 Å². The molecule has 0 aromatic heterocycles. The van der Waals surface area contributed by atoms with Crippen LogP contribution in [0.25, 0.3) is 0 Å². The number of carbonyl (C=O) groups is 2. The van der Waals surface area contributed by atoms with Crippen molar-refractivity contribution in [3.63, 3.8) is 0 Å². The third kappa shape index (κ3) is 3.83. The normalized spacial score (nSPS) is 22.2. The Morgan fingerprint density at radius 1 is 1.48 bits per heavy atom. The van der Waals surface area contributed by atoms with Gasteiger partial charge >= 0.3 is 5.97 Å². The highest BCUT2D eigenvalue weighted by Crippen LogP contribution is 2.24. The van der Waals surface area contributed by atoms with E-state index < -0.39 is 12.0 Å². The Balaban J connectivity index is 1.98. The van der Waals surface area contributed by atoms with Gasteiger partial charge < -0.3 is 10.4 Å². The molecule has 6 heteroatoms. The molecule has 0 bridgehead atoms. The van der Waals surface area contributed by atoms with Crippen LogP contribution in [0.4, 0.5) is 5.69 Å². The predicted octanol–water partition coefficient (Wildman–Crippen LogP) is 2.49. The Kier molecular flexibility index (Phi) is 5.00. The van der Waals surface area contributed by atoms with Crippen molar-refractivity contribution < 1.29 is 14.7 Å². The van der Waals surface area contributed by atoms with E-state index in [9.17, 15) is 14.7 Å². The van der Waals surface area contributed by atoms with Crippen LogP contribution in [0.1, 0.15) is 18.9 Å². The fraction of sp³-hybridized carbons (Fsp3) is 0.467. The summed E-state index contributed by atoms with van der Waals surface area (Å²) in [5.74, 6) is -0.963. The molecule has 2 atom stereocenters. The van der Waals surface area contributed by atoms with Gasteiger partial charge in [-0.2, -0.15) is 0 Å².